The zero-order chi connectivity index (χ0) is 17.0. The summed E-state index contributed by atoms with van der Waals surface area (Å²) in [7, 11) is 1.62. The lowest BCUT2D eigenvalue weighted by molar-refractivity contribution is -0.0149. The van der Waals surface area contributed by atoms with Crippen molar-refractivity contribution in [2.45, 2.75) is 39.5 Å². The Labute approximate surface area is 144 Å². The van der Waals surface area contributed by atoms with E-state index in [1.54, 1.807) is 13.2 Å². The molecule has 2 aromatic rings. The molecule has 0 radical (unpaired) electrons. The molecule has 6 heteroatoms. The molecule has 0 unspecified atom stereocenters. The van der Waals surface area contributed by atoms with E-state index < -0.39 is 0 Å². The molecule has 0 bridgehead atoms. The maximum atomic E-state index is 11.8. The Hall–Kier alpha value is -1.66. The fourth-order valence-electron chi connectivity index (χ4n) is 1.96. The van der Waals surface area contributed by atoms with Crippen molar-refractivity contribution in [2.75, 3.05) is 5.32 Å². The Morgan fingerprint density at radius 1 is 1.30 bits per heavy atom. The number of anilines is 1. The van der Waals surface area contributed by atoms with Crippen molar-refractivity contribution in [3.05, 3.63) is 56.4 Å². The van der Waals surface area contributed by atoms with Crippen LogP contribution in [-0.2, 0) is 24.9 Å². The Kier molecular flexibility index (Phi) is 5.59. The fourth-order valence-corrected chi connectivity index (χ4v) is 2.46. The number of nitrogens with one attached hydrogen (secondary N) is 1. The molecular formula is C17H22BrN3O2. The number of aromatic nitrogens is 2. The molecule has 2 rings (SSSR count). The molecule has 0 aliphatic carbocycles. The molecule has 124 valence electrons. The van der Waals surface area contributed by atoms with Crippen LogP contribution < -0.4 is 10.9 Å². The maximum absolute atomic E-state index is 11.8. The minimum absolute atomic E-state index is 0.158. The highest BCUT2D eigenvalue weighted by atomic mass is 79.9. The zero-order valence-corrected chi connectivity index (χ0v) is 15.5. The first-order valence-corrected chi connectivity index (χ1v) is 8.23. The van der Waals surface area contributed by atoms with E-state index in [1.807, 2.05) is 39.0 Å². The Bertz CT molecular complexity index is 735. The summed E-state index contributed by atoms with van der Waals surface area (Å²) in [5, 5.41) is 7.25. The number of aryl methyl sites for hydroxylation is 1. The predicted octanol–water partition coefficient (Wildman–Crippen LogP) is 3.47. The van der Waals surface area contributed by atoms with Gasteiger partial charge in [0.2, 0.25) is 0 Å². The van der Waals surface area contributed by atoms with E-state index in [9.17, 15) is 4.79 Å². The summed E-state index contributed by atoms with van der Waals surface area (Å²) >= 11 is 3.31. The maximum Gasteiger partial charge on any atom is 0.282 e. The number of halogens is 1. The van der Waals surface area contributed by atoms with Crippen molar-refractivity contribution in [3.63, 3.8) is 0 Å². The van der Waals surface area contributed by atoms with Crippen LogP contribution in [0.5, 0.6) is 0 Å². The van der Waals surface area contributed by atoms with Crippen molar-refractivity contribution in [3.8, 4) is 0 Å². The van der Waals surface area contributed by atoms with Gasteiger partial charge in [-0.3, -0.25) is 4.79 Å². The summed E-state index contributed by atoms with van der Waals surface area (Å²) in [6.07, 6.45) is 1.64. The van der Waals surface area contributed by atoms with Gasteiger partial charge in [0.05, 0.1) is 24.1 Å². The second-order valence-corrected chi connectivity index (χ2v) is 7.17. The lowest BCUT2D eigenvalue weighted by atomic mass is 10.1. The first-order valence-electron chi connectivity index (χ1n) is 7.44. The van der Waals surface area contributed by atoms with Crippen molar-refractivity contribution in [1.82, 2.24) is 9.78 Å². The van der Waals surface area contributed by atoms with Crippen molar-refractivity contribution in [1.29, 1.82) is 0 Å². The monoisotopic (exact) mass is 379 g/mol. The molecule has 1 aromatic heterocycles. The topological polar surface area (TPSA) is 56.1 Å². The fraction of sp³-hybridized carbons (Fsp3) is 0.412. The zero-order valence-electron chi connectivity index (χ0n) is 13.9. The molecular weight excluding hydrogens is 358 g/mol. The van der Waals surface area contributed by atoms with Crippen LogP contribution in [0.1, 0.15) is 31.9 Å². The van der Waals surface area contributed by atoms with Gasteiger partial charge in [0.15, 0.2) is 0 Å². The van der Waals surface area contributed by atoms with Crippen LogP contribution in [0.3, 0.4) is 0 Å². The molecule has 0 spiro atoms. The van der Waals surface area contributed by atoms with E-state index in [-0.39, 0.29) is 11.2 Å². The molecule has 1 heterocycles. The molecule has 0 aliphatic heterocycles. The van der Waals surface area contributed by atoms with Crippen LogP contribution in [0.2, 0.25) is 0 Å². The Balaban J connectivity index is 2.04. The second-order valence-electron chi connectivity index (χ2n) is 6.38. The minimum Gasteiger partial charge on any atom is -0.379 e. The quantitative estimate of drug-likeness (QED) is 0.863. The van der Waals surface area contributed by atoms with Gasteiger partial charge in [-0.25, -0.2) is 4.68 Å². The Morgan fingerprint density at radius 3 is 2.70 bits per heavy atom. The third-order valence-corrected chi connectivity index (χ3v) is 3.99. The number of nitrogens with zero attached hydrogens (tertiary/aromatic N) is 2. The summed E-state index contributed by atoms with van der Waals surface area (Å²) in [6, 6.07) is 8.19. The second kappa shape index (κ2) is 7.27. The van der Waals surface area contributed by atoms with Gasteiger partial charge in [-0.05, 0) is 47.8 Å². The first kappa shape index (κ1) is 17.7. The SMILES string of the molecule is Cn1ncc(NCc2cccc(COC(C)(C)C)c2)c(Br)c1=O. The third-order valence-electron chi connectivity index (χ3n) is 3.22. The van der Waals surface area contributed by atoms with Crippen molar-refractivity contribution < 1.29 is 4.74 Å². The molecule has 1 aromatic carbocycles. The molecule has 0 saturated carbocycles. The smallest absolute Gasteiger partial charge is 0.282 e. The van der Waals surface area contributed by atoms with Gasteiger partial charge in [0.1, 0.15) is 4.47 Å². The lowest BCUT2D eigenvalue weighted by Crippen LogP contribution is -2.21. The number of benzene rings is 1. The Morgan fingerprint density at radius 2 is 2.00 bits per heavy atom. The van der Waals surface area contributed by atoms with E-state index in [0.717, 1.165) is 11.1 Å². The summed E-state index contributed by atoms with van der Waals surface area (Å²) in [6.45, 7) is 7.31. The first-order chi connectivity index (χ1) is 10.8. The van der Waals surface area contributed by atoms with Gasteiger partial charge in [-0.1, -0.05) is 24.3 Å². The summed E-state index contributed by atoms with van der Waals surface area (Å²) < 4.78 is 7.58. The van der Waals surface area contributed by atoms with E-state index in [0.29, 0.717) is 23.3 Å². The molecule has 1 N–H and O–H groups in total. The molecule has 0 amide bonds. The highest BCUT2D eigenvalue weighted by Crippen LogP contribution is 2.18. The number of hydrogen-bond donors (Lipinski definition) is 1. The van der Waals surface area contributed by atoms with Gasteiger partial charge >= 0.3 is 0 Å². The lowest BCUT2D eigenvalue weighted by Gasteiger charge is -2.19. The van der Waals surface area contributed by atoms with Crippen LogP contribution in [0, 0.1) is 0 Å². The van der Waals surface area contributed by atoms with Crippen LogP contribution in [-0.4, -0.2) is 15.4 Å². The normalized spacial score (nSPS) is 11.5. The van der Waals surface area contributed by atoms with Crippen LogP contribution in [0.25, 0.3) is 0 Å². The van der Waals surface area contributed by atoms with Gasteiger partial charge in [-0.2, -0.15) is 5.10 Å². The molecule has 0 atom stereocenters. The molecule has 23 heavy (non-hydrogen) atoms. The summed E-state index contributed by atoms with van der Waals surface area (Å²) in [5.41, 5.74) is 2.61. The largest absolute Gasteiger partial charge is 0.379 e. The van der Waals surface area contributed by atoms with E-state index in [1.165, 1.54) is 4.68 Å². The van der Waals surface area contributed by atoms with Gasteiger partial charge in [-0.15, -0.1) is 0 Å². The molecule has 0 aliphatic rings. The average Bonchev–Trinajstić information content (AvgIpc) is 2.50. The molecule has 5 nitrogen and oxygen atoms in total. The number of ether oxygens (including phenoxy) is 1. The van der Waals surface area contributed by atoms with Crippen molar-refractivity contribution >= 4 is 21.6 Å². The van der Waals surface area contributed by atoms with Crippen LogP contribution in [0.4, 0.5) is 5.69 Å². The average molecular weight is 380 g/mol. The van der Waals surface area contributed by atoms with Crippen molar-refractivity contribution in [2.24, 2.45) is 7.05 Å². The molecule has 0 fully saturated rings. The van der Waals surface area contributed by atoms with Gasteiger partial charge in [0.25, 0.3) is 5.56 Å². The van der Waals surface area contributed by atoms with E-state index >= 15 is 0 Å². The highest BCUT2D eigenvalue weighted by molar-refractivity contribution is 9.10. The summed E-state index contributed by atoms with van der Waals surface area (Å²) in [5.74, 6) is 0. The summed E-state index contributed by atoms with van der Waals surface area (Å²) in [4.78, 5) is 11.8. The molecule has 0 saturated heterocycles. The highest BCUT2D eigenvalue weighted by Gasteiger charge is 2.10. The standard InChI is InChI=1S/C17H22BrN3O2/c1-17(2,3)23-11-13-7-5-6-12(8-13)9-19-14-10-20-21(4)16(22)15(14)18/h5-8,10,19H,9,11H2,1-4H3. The van der Waals surface area contributed by atoms with Gasteiger partial charge in [0, 0.05) is 13.6 Å². The van der Waals surface area contributed by atoms with E-state index in [4.69, 9.17) is 4.74 Å². The minimum atomic E-state index is -0.165. The number of hydrogen-bond acceptors (Lipinski definition) is 4. The number of rotatable bonds is 5. The van der Waals surface area contributed by atoms with Crippen LogP contribution in [0.15, 0.2) is 39.7 Å². The van der Waals surface area contributed by atoms with Gasteiger partial charge < -0.3 is 10.1 Å². The predicted molar refractivity (Wildman–Crippen MR) is 95.5 cm³/mol. The van der Waals surface area contributed by atoms with Crippen LogP contribution >= 0.6 is 15.9 Å². The third kappa shape index (κ3) is 5.18. The van der Waals surface area contributed by atoms with E-state index in [2.05, 4.69) is 32.4 Å².